The van der Waals surface area contributed by atoms with E-state index in [1.165, 1.54) is 11.3 Å². The average molecular weight is 309 g/mol. The minimum atomic E-state index is -0.845. The molecule has 3 atom stereocenters. The molecule has 2 rings (SSSR count). The summed E-state index contributed by atoms with van der Waals surface area (Å²) in [5.41, 5.74) is 0.560. The molecule has 1 fully saturated rings. The highest BCUT2D eigenvalue weighted by Gasteiger charge is 2.37. The smallest absolute Gasteiger partial charge is 0.306 e. The van der Waals surface area contributed by atoms with Gasteiger partial charge in [0.25, 0.3) is 0 Å². The second-order valence-electron chi connectivity index (χ2n) is 4.62. The van der Waals surface area contributed by atoms with E-state index < -0.39 is 18.0 Å². The molecular formula is C12H14Cl2O3S. The molecule has 100 valence electrons. The van der Waals surface area contributed by atoms with E-state index in [2.05, 4.69) is 0 Å². The minimum Gasteiger partial charge on any atom is -0.481 e. The van der Waals surface area contributed by atoms with Crippen molar-refractivity contribution in [3.05, 3.63) is 20.3 Å². The fourth-order valence-electron chi connectivity index (χ4n) is 2.63. The van der Waals surface area contributed by atoms with E-state index in [9.17, 15) is 15.0 Å². The summed E-state index contributed by atoms with van der Waals surface area (Å²) in [6, 6.07) is 1.63. The Hall–Kier alpha value is -0.290. The Morgan fingerprint density at radius 3 is 2.61 bits per heavy atom. The molecule has 1 aromatic heterocycles. The predicted octanol–water partition coefficient (Wildman–Crippen LogP) is 3.98. The van der Waals surface area contributed by atoms with Gasteiger partial charge in [-0.15, -0.1) is 11.3 Å². The molecule has 1 aliphatic rings. The molecule has 1 aliphatic carbocycles. The number of aliphatic carboxylic acids is 1. The van der Waals surface area contributed by atoms with Crippen LogP contribution in [0.3, 0.4) is 0 Å². The summed E-state index contributed by atoms with van der Waals surface area (Å²) in [6.07, 6.45) is 2.33. The molecule has 0 aromatic carbocycles. The van der Waals surface area contributed by atoms with Crippen LogP contribution < -0.4 is 0 Å². The lowest BCUT2D eigenvalue weighted by Crippen LogP contribution is -2.31. The van der Waals surface area contributed by atoms with Crippen molar-refractivity contribution < 1.29 is 15.0 Å². The van der Waals surface area contributed by atoms with E-state index in [4.69, 9.17) is 23.2 Å². The maximum absolute atomic E-state index is 11.2. The number of rotatable bonds is 3. The number of halogens is 2. The topological polar surface area (TPSA) is 57.5 Å². The Balaban J connectivity index is 2.23. The summed E-state index contributed by atoms with van der Waals surface area (Å²) < 4.78 is 0.957. The van der Waals surface area contributed by atoms with Crippen LogP contribution in [0.2, 0.25) is 8.67 Å². The largest absolute Gasteiger partial charge is 0.481 e. The lowest BCUT2D eigenvalue weighted by molar-refractivity contribution is -0.147. The van der Waals surface area contributed by atoms with Crippen molar-refractivity contribution in [3.8, 4) is 0 Å². The lowest BCUT2D eigenvalue weighted by Gasteiger charge is -2.32. The van der Waals surface area contributed by atoms with Crippen molar-refractivity contribution in [2.24, 2.45) is 11.8 Å². The van der Waals surface area contributed by atoms with Gasteiger partial charge in [-0.3, -0.25) is 4.79 Å². The van der Waals surface area contributed by atoms with Crippen LogP contribution >= 0.6 is 34.5 Å². The maximum atomic E-state index is 11.2. The summed E-state index contributed by atoms with van der Waals surface area (Å²) in [4.78, 5) is 11.2. The Morgan fingerprint density at radius 2 is 2.06 bits per heavy atom. The standard InChI is InChI=1S/C12H14Cl2O3S/c13-9-5-8(11(14)18-9)10(15)6-3-1-2-4-7(6)12(16)17/h5-7,10,15H,1-4H2,(H,16,17). The zero-order valence-electron chi connectivity index (χ0n) is 9.60. The van der Waals surface area contributed by atoms with E-state index in [0.717, 1.165) is 12.8 Å². The van der Waals surface area contributed by atoms with Crippen LogP contribution in [0.25, 0.3) is 0 Å². The van der Waals surface area contributed by atoms with Gasteiger partial charge in [0.15, 0.2) is 0 Å². The van der Waals surface area contributed by atoms with E-state index >= 15 is 0 Å². The molecule has 6 heteroatoms. The van der Waals surface area contributed by atoms with Crippen LogP contribution in [-0.2, 0) is 4.79 Å². The van der Waals surface area contributed by atoms with Gasteiger partial charge in [-0.1, -0.05) is 36.0 Å². The first-order valence-corrected chi connectivity index (χ1v) is 7.43. The molecule has 0 spiro atoms. The fraction of sp³-hybridized carbons (Fsp3) is 0.583. The SMILES string of the molecule is O=C(O)C1CCCCC1C(O)c1cc(Cl)sc1Cl. The quantitative estimate of drug-likeness (QED) is 0.888. The molecule has 0 radical (unpaired) electrons. The minimum absolute atomic E-state index is 0.278. The number of hydrogen-bond acceptors (Lipinski definition) is 3. The number of hydrogen-bond donors (Lipinski definition) is 2. The van der Waals surface area contributed by atoms with Gasteiger partial charge >= 0.3 is 5.97 Å². The fourth-order valence-corrected chi connectivity index (χ4v) is 4.17. The first-order chi connectivity index (χ1) is 8.50. The first-order valence-electron chi connectivity index (χ1n) is 5.86. The van der Waals surface area contributed by atoms with E-state index in [1.54, 1.807) is 6.07 Å². The summed E-state index contributed by atoms with van der Waals surface area (Å²) in [5.74, 6) is -1.61. The predicted molar refractivity (Wildman–Crippen MR) is 72.4 cm³/mol. The molecule has 1 aromatic rings. The summed E-state index contributed by atoms with van der Waals surface area (Å²) in [5, 5.41) is 19.6. The second-order valence-corrected chi connectivity index (χ2v) is 6.90. The average Bonchev–Trinajstić information content (AvgIpc) is 2.67. The third kappa shape index (κ3) is 2.82. The molecular weight excluding hydrogens is 295 g/mol. The summed E-state index contributed by atoms with van der Waals surface area (Å²) in [6.45, 7) is 0. The third-order valence-electron chi connectivity index (χ3n) is 3.54. The van der Waals surface area contributed by atoms with Crippen LogP contribution in [-0.4, -0.2) is 16.2 Å². The zero-order chi connectivity index (χ0) is 13.3. The Bertz CT molecular complexity index is 447. The number of aliphatic hydroxyl groups excluding tert-OH is 1. The van der Waals surface area contributed by atoms with E-state index in [-0.39, 0.29) is 5.92 Å². The molecule has 1 heterocycles. The van der Waals surface area contributed by atoms with Gasteiger partial charge in [-0.05, 0) is 18.9 Å². The molecule has 3 nitrogen and oxygen atoms in total. The Morgan fingerprint density at radius 1 is 1.39 bits per heavy atom. The zero-order valence-corrected chi connectivity index (χ0v) is 11.9. The van der Waals surface area contributed by atoms with Gasteiger partial charge in [-0.25, -0.2) is 0 Å². The Kier molecular flexibility index (Phi) is 4.54. The molecule has 0 amide bonds. The second kappa shape index (κ2) is 5.78. The highest BCUT2D eigenvalue weighted by molar-refractivity contribution is 7.20. The van der Waals surface area contributed by atoms with Crippen LogP contribution in [0, 0.1) is 11.8 Å². The maximum Gasteiger partial charge on any atom is 0.306 e. The van der Waals surface area contributed by atoms with Crippen molar-refractivity contribution in [1.29, 1.82) is 0 Å². The van der Waals surface area contributed by atoms with Crippen molar-refractivity contribution in [2.45, 2.75) is 31.8 Å². The van der Waals surface area contributed by atoms with Crippen molar-refractivity contribution in [2.75, 3.05) is 0 Å². The molecule has 0 saturated heterocycles. The number of carbonyl (C=O) groups is 1. The van der Waals surface area contributed by atoms with Gasteiger partial charge in [0.2, 0.25) is 0 Å². The number of thiophene rings is 1. The molecule has 1 saturated carbocycles. The number of aliphatic hydroxyl groups is 1. The molecule has 18 heavy (non-hydrogen) atoms. The number of carboxylic acid groups (broad SMARTS) is 1. The van der Waals surface area contributed by atoms with Gasteiger partial charge in [0.1, 0.15) is 4.34 Å². The normalized spacial score (nSPS) is 25.9. The van der Waals surface area contributed by atoms with Crippen LogP contribution in [0.15, 0.2) is 6.07 Å². The van der Waals surface area contributed by atoms with Crippen molar-refractivity contribution in [3.63, 3.8) is 0 Å². The summed E-state index contributed by atoms with van der Waals surface area (Å²) in [7, 11) is 0. The first kappa shape index (κ1) is 14.1. The third-order valence-corrected chi connectivity index (χ3v) is 5.06. The van der Waals surface area contributed by atoms with Crippen molar-refractivity contribution >= 4 is 40.5 Å². The number of carboxylic acids is 1. The van der Waals surface area contributed by atoms with Gasteiger partial charge in [0, 0.05) is 11.5 Å². The van der Waals surface area contributed by atoms with Crippen LogP contribution in [0.1, 0.15) is 37.4 Å². The molecule has 0 bridgehead atoms. The summed E-state index contributed by atoms with van der Waals surface area (Å²) >= 11 is 13.1. The monoisotopic (exact) mass is 308 g/mol. The van der Waals surface area contributed by atoms with Crippen LogP contribution in [0.4, 0.5) is 0 Å². The highest BCUT2D eigenvalue weighted by atomic mass is 35.5. The molecule has 2 N–H and O–H groups in total. The Labute approximate surface area is 119 Å². The van der Waals surface area contributed by atoms with Gasteiger partial charge in [0.05, 0.1) is 16.4 Å². The molecule has 3 unspecified atom stereocenters. The van der Waals surface area contributed by atoms with E-state index in [1.807, 2.05) is 0 Å². The highest BCUT2D eigenvalue weighted by Crippen LogP contribution is 2.43. The lowest BCUT2D eigenvalue weighted by atomic mass is 9.75. The molecule has 0 aliphatic heterocycles. The van der Waals surface area contributed by atoms with Crippen LogP contribution in [0.5, 0.6) is 0 Å². The van der Waals surface area contributed by atoms with E-state index in [0.29, 0.717) is 27.1 Å². The van der Waals surface area contributed by atoms with Gasteiger partial charge < -0.3 is 10.2 Å². The van der Waals surface area contributed by atoms with Gasteiger partial charge in [-0.2, -0.15) is 0 Å². The van der Waals surface area contributed by atoms with Crippen molar-refractivity contribution in [1.82, 2.24) is 0 Å².